The molecule has 0 atom stereocenters. The van der Waals surface area contributed by atoms with Crippen molar-refractivity contribution in [3.63, 3.8) is 0 Å². The zero-order valence-electron chi connectivity index (χ0n) is 20.3. The number of nitrogens with one attached hydrogen (secondary N) is 1. The summed E-state index contributed by atoms with van der Waals surface area (Å²) in [5, 5.41) is 3.02. The van der Waals surface area contributed by atoms with Gasteiger partial charge in [0.2, 0.25) is 5.91 Å². The zero-order chi connectivity index (χ0) is 23.6. The molecule has 2 aromatic rings. The van der Waals surface area contributed by atoms with Gasteiger partial charge >= 0.3 is 0 Å². The highest BCUT2D eigenvalue weighted by Crippen LogP contribution is 2.34. The molecule has 0 unspecified atom stereocenters. The third-order valence-corrected chi connectivity index (χ3v) is 6.20. The summed E-state index contributed by atoms with van der Waals surface area (Å²) >= 11 is 0. The maximum Gasteiger partial charge on any atom is 0.234 e. The van der Waals surface area contributed by atoms with Gasteiger partial charge in [0.05, 0.1) is 27.9 Å². The molecule has 1 aliphatic rings. The standard InChI is InChI=1S/C26H37N3O4/c1-28(17-20-8-6-5-7-9-20)18-21-10-12-29(13-11-21)19-26(30)27-16-22-14-24(32-3)25(33-4)15-23(22)31-2/h5-9,14-15,21H,10-13,16-19H2,1-4H3,(H,27,30). The van der Waals surface area contributed by atoms with E-state index in [1.807, 2.05) is 6.07 Å². The Morgan fingerprint density at radius 3 is 2.27 bits per heavy atom. The van der Waals surface area contributed by atoms with E-state index in [1.165, 1.54) is 5.56 Å². The SMILES string of the molecule is COc1cc(OC)c(OC)cc1CNC(=O)CN1CCC(CN(C)Cc2ccccc2)CC1. The molecule has 1 fully saturated rings. The fraction of sp³-hybridized carbons (Fsp3) is 0.500. The van der Waals surface area contributed by atoms with Gasteiger partial charge in [-0.1, -0.05) is 30.3 Å². The average molecular weight is 456 g/mol. The Bertz CT molecular complexity index is 883. The number of rotatable bonds is 11. The Labute approximate surface area is 197 Å². The molecule has 0 aliphatic carbocycles. The van der Waals surface area contributed by atoms with E-state index in [-0.39, 0.29) is 5.91 Å². The summed E-state index contributed by atoms with van der Waals surface area (Å²) in [7, 11) is 6.97. The van der Waals surface area contributed by atoms with E-state index in [0.29, 0.717) is 36.3 Å². The van der Waals surface area contributed by atoms with Crippen LogP contribution in [-0.4, -0.2) is 70.3 Å². The van der Waals surface area contributed by atoms with Crippen LogP contribution in [0.3, 0.4) is 0 Å². The van der Waals surface area contributed by atoms with Crippen LogP contribution in [0.15, 0.2) is 42.5 Å². The van der Waals surface area contributed by atoms with Crippen molar-refractivity contribution < 1.29 is 19.0 Å². The lowest BCUT2D eigenvalue weighted by Crippen LogP contribution is -2.43. The fourth-order valence-electron chi connectivity index (χ4n) is 4.41. The van der Waals surface area contributed by atoms with Crippen LogP contribution in [0.25, 0.3) is 0 Å². The molecular weight excluding hydrogens is 418 g/mol. The minimum Gasteiger partial charge on any atom is -0.496 e. The van der Waals surface area contributed by atoms with Crippen LogP contribution < -0.4 is 19.5 Å². The second-order valence-corrected chi connectivity index (χ2v) is 8.70. The molecule has 0 radical (unpaired) electrons. The maximum atomic E-state index is 12.6. The first-order valence-electron chi connectivity index (χ1n) is 11.5. The van der Waals surface area contributed by atoms with Gasteiger partial charge in [-0.25, -0.2) is 0 Å². The summed E-state index contributed by atoms with van der Waals surface area (Å²) in [6.07, 6.45) is 2.24. The van der Waals surface area contributed by atoms with E-state index in [1.54, 1.807) is 27.4 Å². The lowest BCUT2D eigenvalue weighted by Gasteiger charge is -2.33. The van der Waals surface area contributed by atoms with Crippen molar-refractivity contribution in [2.24, 2.45) is 5.92 Å². The molecule has 0 saturated carbocycles. The van der Waals surface area contributed by atoms with Gasteiger partial charge in [-0.15, -0.1) is 0 Å². The van der Waals surface area contributed by atoms with Crippen LogP contribution in [0.1, 0.15) is 24.0 Å². The zero-order valence-corrected chi connectivity index (χ0v) is 20.3. The van der Waals surface area contributed by atoms with Crippen molar-refractivity contribution in [1.82, 2.24) is 15.1 Å². The molecule has 1 N–H and O–H groups in total. The number of hydrogen-bond acceptors (Lipinski definition) is 6. The molecule has 1 saturated heterocycles. The Balaban J connectivity index is 1.41. The van der Waals surface area contributed by atoms with Crippen LogP contribution in [0.4, 0.5) is 0 Å². The quantitative estimate of drug-likeness (QED) is 0.562. The third kappa shape index (κ3) is 7.37. The number of piperidine rings is 1. The highest BCUT2D eigenvalue weighted by molar-refractivity contribution is 5.78. The lowest BCUT2D eigenvalue weighted by molar-refractivity contribution is -0.122. The van der Waals surface area contributed by atoms with Crippen molar-refractivity contribution in [3.8, 4) is 17.2 Å². The van der Waals surface area contributed by atoms with E-state index in [2.05, 4.69) is 52.5 Å². The molecule has 1 heterocycles. The first kappa shape index (κ1) is 24.9. The van der Waals surface area contributed by atoms with Crippen LogP contribution in [0, 0.1) is 5.92 Å². The summed E-state index contributed by atoms with van der Waals surface area (Å²) in [5.74, 6) is 2.57. The number of hydrogen-bond donors (Lipinski definition) is 1. The second kappa shape index (κ2) is 12.5. The molecule has 3 rings (SSSR count). The number of carbonyl (C=O) groups is 1. The molecule has 0 aromatic heterocycles. The Kier molecular flexibility index (Phi) is 9.39. The molecule has 7 nitrogen and oxygen atoms in total. The summed E-state index contributed by atoms with van der Waals surface area (Å²) in [5.41, 5.74) is 2.20. The largest absolute Gasteiger partial charge is 0.496 e. The van der Waals surface area contributed by atoms with Crippen molar-refractivity contribution >= 4 is 5.91 Å². The first-order valence-corrected chi connectivity index (χ1v) is 11.5. The topological polar surface area (TPSA) is 63.3 Å². The molecule has 0 spiro atoms. The van der Waals surface area contributed by atoms with Gasteiger partial charge in [0.1, 0.15) is 5.75 Å². The second-order valence-electron chi connectivity index (χ2n) is 8.70. The monoisotopic (exact) mass is 455 g/mol. The van der Waals surface area contributed by atoms with Gasteiger partial charge in [-0.2, -0.15) is 0 Å². The Hall–Kier alpha value is -2.77. The minimum atomic E-state index is 0.0199. The lowest BCUT2D eigenvalue weighted by atomic mass is 9.96. The van der Waals surface area contributed by atoms with E-state index in [0.717, 1.165) is 44.6 Å². The number of ether oxygens (including phenoxy) is 3. The molecule has 7 heteroatoms. The fourth-order valence-corrected chi connectivity index (χ4v) is 4.41. The highest BCUT2D eigenvalue weighted by Gasteiger charge is 2.22. The summed E-state index contributed by atoms with van der Waals surface area (Å²) in [4.78, 5) is 17.2. The van der Waals surface area contributed by atoms with Gasteiger partial charge in [0.15, 0.2) is 11.5 Å². The van der Waals surface area contributed by atoms with E-state index >= 15 is 0 Å². The summed E-state index contributed by atoms with van der Waals surface area (Å²) in [6.45, 7) is 4.77. The molecule has 33 heavy (non-hydrogen) atoms. The van der Waals surface area contributed by atoms with Crippen LogP contribution >= 0.6 is 0 Å². The predicted octanol–water partition coefficient (Wildman–Crippen LogP) is 3.17. The smallest absolute Gasteiger partial charge is 0.234 e. The van der Waals surface area contributed by atoms with Crippen molar-refractivity contribution in [3.05, 3.63) is 53.6 Å². The number of nitrogens with zero attached hydrogens (tertiary/aromatic N) is 2. The van der Waals surface area contributed by atoms with E-state index in [4.69, 9.17) is 14.2 Å². The normalized spacial score (nSPS) is 14.8. The first-order chi connectivity index (χ1) is 16.0. The van der Waals surface area contributed by atoms with Crippen molar-refractivity contribution in [2.45, 2.75) is 25.9 Å². The average Bonchev–Trinajstić information content (AvgIpc) is 2.83. The molecule has 1 aliphatic heterocycles. The summed E-state index contributed by atoms with van der Waals surface area (Å²) < 4.78 is 16.1. The van der Waals surface area contributed by atoms with Crippen LogP contribution in [0.2, 0.25) is 0 Å². The molecule has 180 valence electrons. The van der Waals surface area contributed by atoms with Gasteiger partial charge < -0.3 is 24.4 Å². The van der Waals surface area contributed by atoms with Gasteiger partial charge in [0.25, 0.3) is 0 Å². The van der Waals surface area contributed by atoms with Gasteiger partial charge in [0, 0.05) is 31.3 Å². The van der Waals surface area contributed by atoms with E-state index < -0.39 is 0 Å². The predicted molar refractivity (Wildman–Crippen MR) is 130 cm³/mol. The highest BCUT2D eigenvalue weighted by atomic mass is 16.5. The van der Waals surface area contributed by atoms with Gasteiger partial charge in [-0.05, 0) is 50.5 Å². The number of carbonyl (C=O) groups excluding carboxylic acids is 1. The summed E-state index contributed by atoms with van der Waals surface area (Å²) in [6, 6.07) is 14.2. The van der Waals surface area contributed by atoms with Crippen LogP contribution in [-0.2, 0) is 17.9 Å². The number of amides is 1. The molecule has 0 bridgehead atoms. The minimum absolute atomic E-state index is 0.0199. The molecular formula is C26H37N3O4. The Morgan fingerprint density at radius 2 is 1.64 bits per heavy atom. The van der Waals surface area contributed by atoms with E-state index in [9.17, 15) is 4.79 Å². The van der Waals surface area contributed by atoms with Crippen molar-refractivity contribution in [2.75, 3.05) is 54.6 Å². The van der Waals surface area contributed by atoms with Crippen LogP contribution in [0.5, 0.6) is 17.2 Å². The third-order valence-electron chi connectivity index (χ3n) is 6.20. The number of likely N-dealkylation sites (tertiary alicyclic amines) is 1. The van der Waals surface area contributed by atoms with Crippen molar-refractivity contribution in [1.29, 1.82) is 0 Å². The molecule has 1 amide bonds. The number of benzene rings is 2. The van der Waals surface area contributed by atoms with Gasteiger partial charge in [-0.3, -0.25) is 9.69 Å². The maximum absolute atomic E-state index is 12.6. The Morgan fingerprint density at radius 1 is 1.00 bits per heavy atom. The molecule has 2 aromatic carbocycles. The number of methoxy groups -OCH3 is 3.